The Kier molecular flexibility index (Phi) is 3.87. The van der Waals surface area contributed by atoms with Crippen molar-refractivity contribution in [3.05, 3.63) is 28.2 Å². The van der Waals surface area contributed by atoms with Crippen molar-refractivity contribution in [3.63, 3.8) is 0 Å². The average molecular weight is 284 g/mol. The molecule has 1 aliphatic rings. The number of nitrogens with one attached hydrogen (secondary N) is 1. The molecule has 2 nitrogen and oxygen atoms in total. The Morgan fingerprint density at radius 2 is 2.25 bits per heavy atom. The van der Waals surface area contributed by atoms with Crippen molar-refractivity contribution in [2.45, 2.75) is 38.9 Å². The van der Waals surface area contributed by atoms with Gasteiger partial charge in [-0.25, -0.2) is 0 Å². The van der Waals surface area contributed by atoms with Crippen LogP contribution >= 0.6 is 15.9 Å². The highest BCUT2D eigenvalue weighted by atomic mass is 79.9. The first-order valence-electron chi connectivity index (χ1n) is 5.80. The molecule has 16 heavy (non-hydrogen) atoms. The maximum absolute atomic E-state index is 5.77. The van der Waals surface area contributed by atoms with Crippen LogP contribution in [0.1, 0.15) is 25.3 Å². The molecule has 88 valence electrons. The third-order valence-electron chi connectivity index (χ3n) is 3.01. The molecule has 1 heterocycles. The van der Waals surface area contributed by atoms with E-state index in [2.05, 4.69) is 53.3 Å². The number of rotatable bonds is 3. The maximum atomic E-state index is 5.77. The average Bonchev–Trinajstić information content (AvgIpc) is 2.66. The van der Waals surface area contributed by atoms with Crippen LogP contribution in [0.4, 0.5) is 5.69 Å². The molecule has 1 N–H and O–H groups in total. The lowest BCUT2D eigenvalue weighted by Crippen LogP contribution is -2.19. The van der Waals surface area contributed by atoms with Gasteiger partial charge < -0.3 is 10.1 Å². The van der Waals surface area contributed by atoms with Gasteiger partial charge in [0.05, 0.1) is 12.2 Å². The SMILES string of the molecule is Cc1cc(NCC2CCC(C)O2)ccc1Br. The molecule has 0 radical (unpaired) electrons. The van der Waals surface area contributed by atoms with E-state index in [0.717, 1.165) is 11.0 Å². The van der Waals surface area contributed by atoms with E-state index < -0.39 is 0 Å². The van der Waals surface area contributed by atoms with Gasteiger partial charge in [0, 0.05) is 16.7 Å². The maximum Gasteiger partial charge on any atom is 0.0751 e. The van der Waals surface area contributed by atoms with Gasteiger partial charge in [-0.05, 0) is 50.5 Å². The molecule has 0 saturated carbocycles. The van der Waals surface area contributed by atoms with Crippen LogP contribution in [-0.2, 0) is 4.74 Å². The minimum atomic E-state index is 0.374. The van der Waals surface area contributed by atoms with E-state index in [1.165, 1.54) is 24.1 Å². The molecule has 2 rings (SSSR count). The van der Waals surface area contributed by atoms with E-state index in [0.29, 0.717) is 12.2 Å². The lowest BCUT2D eigenvalue weighted by Gasteiger charge is -2.13. The van der Waals surface area contributed by atoms with Crippen LogP contribution in [0.5, 0.6) is 0 Å². The molecule has 1 aromatic rings. The van der Waals surface area contributed by atoms with Gasteiger partial charge >= 0.3 is 0 Å². The van der Waals surface area contributed by atoms with Gasteiger partial charge in [-0.15, -0.1) is 0 Å². The summed E-state index contributed by atoms with van der Waals surface area (Å²) in [5.74, 6) is 0. The van der Waals surface area contributed by atoms with Crippen molar-refractivity contribution < 1.29 is 4.74 Å². The first-order chi connectivity index (χ1) is 7.65. The second-order valence-corrected chi connectivity index (χ2v) is 5.35. The highest BCUT2D eigenvalue weighted by Crippen LogP contribution is 2.22. The first kappa shape index (κ1) is 11.9. The summed E-state index contributed by atoms with van der Waals surface area (Å²) in [6.07, 6.45) is 3.16. The zero-order chi connectivity index (χ0) is 11.5. The third-order valence-corrected chi connectivity index (χ3v) is 3.90. The molecule has 0 bridgehead atoms. The number of hydrogen-bond acceptors (Lipinski definition) is 2. The van der Waals surface area contributed by atoms with Crippen LogP contribution in [0.25, 0.3) is 0 Å². The monoisotopic (exact) mass is 283 g/mol. The molecule has 0 amide bonds. The first-order valence-corrected chi connectivity index (χ1v) is 6.60. The lowest BCUT2D eigenvalue weighted by atomic mass is 10.2. The van der Waals surface area contributed by atoms with E-state index in [1.54, 1.807) is 0 Å². The quantitative estimate of drug-likeness (QED) is 0.913. The number of benzene rings is 1. The zero-order valence-electron chi connectivity index (χ0n) is 9.79. The summed E-state index contributed by atoms with van der Waals surface area (Å²) in [5.41, 5.74) is 2.43. The molecular weight excluding hydrogens is 266 g/mol. The highest BCUT2D eigenvalue weighted by molar-refractivity contribution is 9.10. The summed E-state index contributed by atoms with van der Waals surface area (Å²) in [5, 5.41) is 3.43. The third kappa shape index (κ3) is 2.98. The minimum absolute atomic E-state index is 0.374. The Morgan fingerprint density at radius 1 is 1.44 bits per heavy atom. The molecule has 2 atom stereocenters. The molecule has 3 heteroatoms. The summed E-state index contributed by atoms with van der Waals surface area (Å²) < 4.78 is 6.92. The van der Waals surface area contributed by atoms with Crippen molar-refractivity contribution in [1.29, 1.82) is 0 Å². The van der Waals surface area contributed by atoms with Crippen LogP contribution in [0, 0.1) is 6.92 Å². The van der Waals surface area contributed by atoms with Gasteiger partial charge in [-0.1, -0.05) is 15.9 Å². The molecule has 1 aliphatic heterocycles. The fraction of sp³-hybridized carbons (Fsp3) is 0.538. The fourth-order valence-electron chi connectivity index (χ4n) is 2.02. The smallest absolute Gasteiger partial charge is 0.0751 e. The standard InChI is InChI=1S/C13H18BrNO/c1-9-7-11(4-6-13(9)14)15-8-12-5-3-10(2)16-12/h4,6-7,10,12,15H,3,5,8H2,1-2H3. The van der Waals surface area contributed by atoms with Crippen LogP contribution in [0.3, 0.4) is 0 Å². The number of ether oxygens (including phenoxy) is 1. The molecule has 1 fully saturated rings. The van der Waals surface area contributed by atoms with Crippen LogP contribution in [0.2, 0.25) is 0 Å². The van der Waals surface area contributed by atoms with Gasteiger partial charge in [0.2, 0.25) is 0 Å². The highest BCUT2D eigenvalue weighted by Gasteiger charge is 2.21. The van der Waals surface area contributed by atoms with Crippen LogP contribution in [0.15, 0.2) is 22.7 Å². The Bertz CT molecular complexity index is 367. The second kappa shape index (κ2) is 5.19. The van der Waals surface area contributed by atoms with E-state index >= 15 is 0 Å². The van der Waals surface area contributed by atoms with Crippen molar-refractivity contribution in [2.24, 2.45) is 0 Å². The predicted molar refractivity (Wildman–Crippen MR) is 70.9 cm³/mol. The molecule has 0 spiro atoms. The summed E-state index contributed by atoms with van der Waals surface area (Å²) in [7, 11) is 0. The predicted octanol–water partition coefficient (Wildman–Crippen LogP) is 3.74. The summed E-state index contributed by atoms with van der Waals surface area (Å²) in [6, 6.07) is 6.33. The number of halogens is 1. The minimum Gasteiger partial charge on any atom is -0.382 e. The topological polar surface area (TPSA) is 21.3 Å². The van der Waals surface area contributed by atoms with Gasteiger partial charge in [-0.3, -0.25) is 0 Å². The Morgan fingerprint density at radius 3 is 2.88 bits per heavy atom. The molecule has 1 aromatic carbocycles. The number of hydrogen-bond donors (Lipinski definition) is 1. The van der Waals surface area contributed by atoms with Crippen molar-refractivity contribution in [2.75, 3.05) is 11.9 Å². The lowest BCUT2D eigenvalue weighted by molar-refractivity contribution is 0.0637. The summed E-state index contributed by atoms with van der Waals surface area (Å²) in [6.45, 7) is 5.15. The van der Waals surface area contributed by atoms with E-state index in [9.17, 15) is 0 Å². The molecule has 0 aliphatic carbocycles. The van der Waals surface area contributed by atoms with Crippen LogP contribution < -0.4 is 5.32 Å². The molecule has 0 aromatic heterocycles. The van der Waals surface area contributed by atoms with Gasteiger partial charge in [0.15, 0.2) is 0 Å². The summed E-state index contributed by atoms with van der Waals surface area (Å²) >= 11 is 3.50. The Hall–Kier alpha value is -0.540. The van der Waals surface area contributed by atoms with Crippen molar-refractivity contribution in [3.8, 4) is 0 Å². The van der Waals surface area contributed by atoms with E-state index in [1.807, 2.05) is 0 Å². The fourth-order valence-corrected chi connectivity index (χ4v) is 2.27. The van der Waals surface area contributed by atoms with Gasteiger partial charge in [0.1, 0.15) is 0 Å². The van der Waals surface area contributed by atoms with E-state index in [-0.39, 0.29) is 0 Å². The number of anilines is 1. The van der Waals surface area contributed by atoms with E-state index in [4.69, 9.17) is 4.74 Å². The van der Waals surface area contributed by atoms with Crippen LogP contribution in [-0.4, -0.2) is 18.8 Å². The van der Waals surface area contributed by atoms with Crippen molar-refractivity contribution >= 4 is 21.6 Å². The second-order valence-electron chi connectivity index (χ2n) is 4.49. The molecule has 1 saturated heterocycles. The molecular formula is C13H18BrNO. The Balaban J connectivity index is 1.87. The van der Waals surface area contributed by atoms with Gasteiger partial charge in [-0.2, -0.15) is 0 Å². The molecule has 2 unspecified atom stereocenters. The number of aryl methyl sites for hydroxylation is 1. The zero-order valence-corrected chi connectivity index (χ0v) is 11.4. The summed E-state index contributed by atoms with van der Waals surface area (Å²) in [4.78, 5) is 0. The van der Waals surface area contributed by atoms with Crippen molar-refractivity contribution in [1.82, 2.24) is 0 Å². The van der Waals surface area contributed by atoms with Gasteiger partial charge in [0.25, 0.3) is 0 Å². The Labute approximate surface area is 106 Å². The largest absolute Gasteiger partial charge is 0.382 e. The normalized spacial score (nSPS) is 24.7.